The smallest absolute Gasteiger partial charge is 0.416 e. The number of carbonyl (C=O) groups excluding carboxylic acids is 1. The van der Waals surface area contributed by atoms with E-state index in [2.05, 4.69) is 10.3 Å². The molecule has 4 rings (SSSR count). The van der Waals surface area contributed by atoms with Crippen molar-refractivity contribution in [2.45, 2.75) is 18.7 Å². The lowest BCUT2D eigenvalue weighted by Gasteiger charge is -2.25. The van der Waals surface area contributed by atoms with Crippen molar-refractivity contribution in [2.24, 2.45) is 0 Å². The highest BCUT2D eigenvalue weighted by Crippen LogP contribution is 2.32. The largest absolute Gasteiger partial charge is 0.485 e. The molecule has 0 saturated heterocycles. The Hall–Kier alpha value is -3.07. The van der Waals surface area contributed by atoms with Gasteiger partial charge in [-0.3, -0.25) is 10.1 Å². The van der Waals surface area contributed by atoms with Crippen molar-refractivity contribution in [2.75, 3.05) is 11.9 Å². The van der Waals surface area contributed by atoms with E-state index >= 15 is 0 Å². The van der Waals surface area contributed by atoms with E-state index in [9.17, 15) is 18.0 Å². The maximum absolute atomic E-state index is 12.6. The summed E-state index contributed by atoms with van der Waals surface area (Å²) in [4.78, 5) is 17.4. The molecule has 5 nitrogen and oxygen atoms in total. The van der Waals surface area contributed by atoms with Crippen LogP contribution in [-0.4, -0.2) is 23.6 Å². The number of nitrogens with zero attached hydrogens (tertiary/aromatic N) is 1. The number of para-hydroxylation sites is 2. The van der Waals surface area contributed by atoms with Crippen molar-refractivity contribution < 1.29 is 27.4 Å². The second-order valence-corrected chi connectivity index (χ2v) is 7.47. The highest BCUT2D eigenvalue weighted by molar-refractivity contribution is 7.15. The van der Waals surface area contributed by atoms with Crippen LogP contribution in [0.4, 0.5) is 18.3 Å². The molecule has 0 fully saturated rings. The standard InChI is InChI=1S/C20H15F3N2O3S/c21-20(22,23)13-7-5-12(6-8-13)9-14-10-24-19(29-14)25-18(26)17-11-27-15-3-1-2-4-16(15)28-17/h1-8,10,17H,9,11H2,(H,24,25,26)/t17-/m0/s1. The second kappa shape index (κ2) is 7.75. The minimum Gasteiger partial charge on any atom is -0.485 e. The topological polar surface area (TPSA) is 60.5 Å². The van der Waals surface area contributed by atoms with Gasteiger partial charge in [0.2, 0.25) is 6.10 Å². The summed E-state index contributed by atoms with van der Waals surface area (Å²) in [6.07, 6.45) is -3.15. The maximum Gasteiger partial charge on any atom is 0.416 e. The van der Waals surface area contributed by atoms with Gasteiger partial charge in [-0.25, -0.2) is 4.98 Å². The molecule has 1 N–H and O–H groups in total. The molecule has 0 spiro atoms. The van der Waals surface area contributed by atoms with Crippen molar-refractivity contribution in [3.63, 3.8) is 0 Å². The van der Waals surface area contributed by atoms with E-state index in [1.54, 1.807) is 24.4 Å². The fraction of sp³-hybridized carbons (Fsp3) is 0.200. The van der Waals surface area contributed by atoms with Gasteiger partial charge in [-0.1, -0.05) is 24.3 Å². The second-order valence-electron chi connectivity index (χ2n) is 6.36. The van der Waals surface area contributed by atoms with Gasteiger partial charge in [0, 0.05) is 17.5 Å². The Balaban J connectivity index is 1.36. The van der Waals surface area contributed by atoms with Gasteiger partial charge in [0.05, 0.1) is 5.56 Å². The predicted octanol–water partition coefficient (Wildman–Crippen LogP) is 4.53. The highest BCUT2D eigenvalue weighted by atomic mass is 32.1. The Morgan fingerprint density at radius 3 is 2.59 bits per heavy atom. The third kappa shape index (κ3) is 4.51. The van der Waals surface area contributed by atoms with E-state index in [1.807, 2.05) is 6.07 Å². The van der Waals surface area contributed by atoms with Gasteiger partial charge in [0.1, 0.15) is 6.61 Å². The van der Waals surface area contributed by atoms with Crippen LogP contribution in [-0.2, 0) is 17.4 Å². The summed E-state index contributed by atoms with van der Waals surface area (Å²) in [7, 11) is 0. The number of halogens is 3. The summed E-state index contributed by atoms with van der Waals surface area (Å²) in [6, 6.07) is 12.1. The molecule has 2 aromatic carbocycles. The minimum atomic E-state index is -4.36. The number of nitrogens with one attached hydrogen (secondary N) is 1. The molecule has 3 aromatic rings. The average molecular weight is 420 g/mol. The van der Waals surface area contributed by atoms with E-state index in [0.29, 0.717) is 23.1 Å². The van der Waals surface area contributed by atoms with Gasteiger partial charge in [0.15, 0.2) is 16.6 Å². The zero-order valence-corrected chi connectivity index (χ0v) is 15.7. The van der Waals surface area contributed by atoms with Gasteiger partial charge >= 0.3 is 6.18 Å². The normalized spacial score (nSPS) is 15.8. The number of hydrogen-bond acceptors (Lipinski definition) is 5. The number of carbonyl (C=O) groups is 1. The van der Waals surface area contributed by atoms with Gasteiger partial charge in [-0.05, 0) is 29.8 Å². The van der Waals surface area contributed by atoms with Crippen LogP contribution in [0.2, 0.25) is 0 Å². The molecule has 0 bridgehead atoms. The average Bonchev–Trinajstić information content (AvgIpc) is 3.14. The Kier molecular flexibility index (Phi) is 5.14. The number of benzene rings is 2. The van der Waals surface area contributed by atoms with Crippen molar-refractivity contribution >= 4 is 22.4 Å². The van der Waals surface area contributed by atoms with Crippen molar-refractivity contribution in [3.05, 3.63) is 70.7 Å². The highest BCUT2D eigenvalue weighted by Gasteiger charge is 2.30. The van der Waals surface area contributed by atoms with Gasteiger partial charge < -0.3 is 9.47 Å². The summed E-state index contributed by atoms with van der Waals surface area (Å²) in [5.74, 6) is 0.709. The third-order valence-electron chi connectivity index (χ3n) is 4.24. The van der Waals surface area contributed by atoms with Gasteiger partial charge in [-0.15, -0.1) is 11.3 Å². The number of hydrogen-bond donors (Lipinski definition) is 1. The Morgan fingerprint density at radius 2 is 1.86 bits per heavy atom. The number of anilines is 1. The lowest BCUT2D eigenvalue weighted by molar-refractivity contribution is -0.137. The van der Waals surface area contributed by atoms with Crippen LogP contribution >= 0.6 is 11.3 Å². The summed E-state index contributed by atoms with van der Waals surface area (Å²) < 4.78 is 49.1. The van der Waals surface area contributed by atoms with E-state index < -0.39 is 17.8 Å². The van der Waals surface area contributed by atoms with Crippen LogP contribution in [0.3, 0.4) is 0 Å². The number of amides is 1. The Morgan fingerprint density at radius 1 is 1.14 bits per heavy atom. The number of ether oxygens (including phenoxy) is 2. The lowest BCUT2D eigenvalue weighted by atomic mass is 10.1. The molecule has 150 valence electrons. The molecular weight excluding hydrogens is 405 g/mol. The molecule has 1 aromatic heterocycles. The molecule has 1 aliphatic heterocycles. The van der Waals surface area contributed by atoms with Crippen molar-refractivity contribution in [1.29, 1.82) is 0 Å². The van der Waals surface area contributed by atoms with Crippen LogP contribution in [0.25, 0.3) is 0 Å². The first-order valence-corrected chi connectivity index (χ1v) is 9.50. The quantitative estimate of drug-likeness (QED) is 0.674. The zero-order chi connectivity index (χ0) is 20.4. The maximum atomic E-state index is 12.6. The van der Waals surface area contributed by atoms with E-state index in [1.165, 1.54) is 23.5 Å². The zero-order valence-electron chi connectivity index (χ0n) is 14.9. The lowest BCUT2D eigenvalue weighted by Crippen LogP contribution is -2.40. The summed E-state index contributed by atoms with van der Waals surface area (Å²) in [6.45, 7) is 0.0899. The van der Waals surface area contributed by atoms with Crippen LogP contribution in [0.5, 0.6) is 11.5 Å². The first-order chi connectivity index (χ1) is 13.9. The number of aromatic nitrogens is 1. The van der Waals surface area contributed by atoms with Crippen LogP contribution in [0.15, 0.2) is 54.7 Å². The Bertz CT molecular complexity index is 1020. The molecule has 9 heteroatoms. The summed E-state index contributed by atoms with van der Waals surface area (Å²) >= 11 is 1.25. The molecule has 0 saturated carbocycles. The molecule has 0 unspecified atom stereocenters. The molecule has 1 aliphatic rings. The fourth-order valence-electron chi connectivity index (χ4n) is 2.79. The van der Waals surface area contributed by atoms with Crippen LogP contribution in [0.1, 0.15) is 16.0 Å². The van der Waals surface area contributed by atoms with Crippen molar-refractivity contribution in [1.82, 2.24) is 4.98 Å². The molecular formula is C20H15F3N2O3S. The molecule has 1 amide bonds. The first kappa shape index (κ1) is 19.3. The third-order valence-corrected chi connectivity index (χ3v) is 5.16. The van der Waals surface area contributed by atoms with Gasteiger partial charge in [0.25, 0.3) is 5.91 Å². The van der Waals surface area contributed by atoms with E-state index in [4.69, 9.17) is 9.47 Å². The molecule has 0 radical (unpaired) electrons. The molecule has 0 aliphatic carbocycles. The number of thiazole rings is 1. The molecule has 2 heterocycles. The number of rotatable bonds is 4. The monoisotopic (exact) mass is 420 g/mol. The molecule has 29 heavy (non-hydrogen) atoms. The van der Waals surface area contributed by atoms with E-state index in [0.717, 1.165) is 22.6 Å². The van der Waals surface area contributed by atoms with Gasteiger partial charge in [-0.2, -0.15) is 13.2 Å². The SMILES string of the molecule is O=C(Nc1ncc(Cc2ccc(C(F)(F)F)cc2)s1)[C@@H]1COc2ccccc2O1. The fourth-order valence-corrected chi connectivity index (χ4v) is 3.64. The number of alkyl halides is 3. The molecule has 1 atom stereocenters. The first-order valence-electron chi connectivity index (χ1n) is 8.69. The number of fused-ring (bicyclic) bond motifs is 1. The van der Waals surface area contributed by atoms with Crippen molar-refractivity contribution in [3.8, 4) is 11.5 Å². The Labute approximate surface area is 168 Å². The van der Waals surface area contributed by atoms with E-state index in [-0.39, 0.29) is 12.5 Å². The van der Waals surface area contributed by atoms with Crippen LogP contribution < -0.4 is 14.8 Å². The predicted molar refractivity (Wildman–Crippen MR) is 101 cm³/mol. The van der Waals surface area contributed by atoms with Crippen LogP contribution in [0, 0.1) is 0 Å². The summed E-state index contributed by atoms with van der Waals surface area (Å²) in [5.41, 5.74) is 0.0370. The summed E-state index contributed by atoms with van der Waals surface area (Å²) in [5, 5.41) is 3.08. The minimum absolute atomic E-state index is 0.0899.